The molecule has 2 atom stereocenters. The van der Waals surface area contributed by atoms with Gasteiger partial charge in [0, 0.05) is 49.9 Å². The molecule has 0 aliphatic carbocycles. The van der Waals surface area contributed by atoms with Crippen LogP contribution in [0.15, 0.2) is 49.1 Å². The second-order valence-corrected chi connectivity index (χ2v) is 7.08. The van der Waals surface area contributed by atoms with E-state index >= 15 is 0 Å². The zero-order chi connectivity index (χ0) is 17.8. The maximum Gasteiger partial charge on any atom is 0.255 e. The lowest BCUT2D eigenvalue weighted by molar-refractivity contribution is -0.0602. The van der Waals surface area contributed by atoms with Gasteiger partial charge in [0.05, 0.1) is 24.9 Å². The molecule has 6 nitrogen and oxygen atoms in total. The predicted molar refractivity (Wildman–Crippen MR) is 95.4 cm³/mol. The SMILES string of the molecule is O=C(c1cccnc1)N1CC[C@H]2OCC[C@@]2(COCc2ccncc2)C1. The van der Waals surface area contributed by atoms with Gasteiger partial charge in [0.2, 0.25) is 0 Å². The van der Waals surface area contributed by atoms with Crippen LogP contribution in [0.1, 0.15) is 28.8 Å². The van der Waals surface area contributed by atoms with Crippen molar-refractivity contribution < 1.29 is 14.3 Å². The smallest absolute Gasteiger partial charge is 0.255 e. The summed E-state index contributed by atoms with van der Waals surface area (Å²) in [6, 6.07) is 7.53. The number of carbonyl (C=O) groups excluding carboxylic acids is 1. The maximum absolute atomic E-state index is 12.8. The summed E-state index contributed by atoms with van der Waals surface area (Å²) in [5.41, 5.74) is 1.62. The molecule has 2 aliphatic rings. The lowest BCUT2D eigenvalue weighted by atomic mass is 9.77. The summed E-state index contributed by atoms with van der Waals surface area (Å²) < 4.78 is 12.0. The highest BCUT2D eigenvalue weighted by Crippen LogP contribution is 2.41. The summed E-state index contributed by atoms with van der Waals surface area (Å²) in [5.74, 6) is 0.0389. The molecule has 0 N–H and O–H groups in total. The number of aromatic nitrogens is 2. The second-order valence-electron chi connectivity index (χ2n) is 7.08. The Hall–Kier alpha value is -2.31. The van der Waals surface area contributed by atoms with E-state index in [-0.39, 0.29) is 17.4 Å². The summed E-state index contributed by atoms with van der Waals surface area (Å²) in [6.07, 6.45) is 8.79. The number of pyridine rings is 2. The first kappa shape index (κ1) is 17.1. The van der Waals surface area contributed by atoms with Crippen LogP contribution in [-0.4, -0.2) is 53.2 Å². The molecule has 2 saturated heterocycles. The Bertz CT molecular complexity index is 740. The van der Waals surface area contributed by atoms with Gasteiger partial charge in [0.15, 0.2) is 0 Å². The number of nitrogens with zero attached hydrogens (tertiary/aromatic N) is 3. The van der Waals surface area contributed by atoms with E-state index in [1.54, 1.807) is 30.9 Å². The number of likely N-dealkylation sites (tertiary alicyclic amines) is 1. The number of carbonyl (C=O) groups is 1. The normalized spacial score (nSPS) is 25.1. The van der Waals surface area contributed by atoms with E-state index in [0.29, 0.717) is 31.9 Å². The minimum Gasteiger partial charge on any atom is -0.377 e. The molecule has 2 fully saturated rings. The highest BCUT2D eigenvalue weighted by molar-refractivity contribution is 5.94. The minimum atomic E-state index is -0.122. The topological polar surface area (TPSA) is 64.6 Å². The first-order chi connectivity index (χ1) is 12.8. The standard InChI is InChI=1S/C20H23N3O3/c24-19(17-2-1-7-22-12-17)23-10-5-18-20(14-23,6-11-26-18)15-25-13-16-3-8-21-9-4-16/h1-4,7-9,12,18H,5-6,10-11,13-15H2/t18-,20+/m1/s1. The molecular weight excluding hydrogens is 330 g/mol. The number of amides is 1. The van der Waals surface area contributed by atoms with Crippen molar-refractivity contribution in [3.63, 3.8) is 0 Å². The molecule has 26 heavy (non-hydrogen) atoms. The van der Waals surface area contributed by atoms with Crippen LogP contribution in [0.3, 0.4) is 0 Å². The summed E-state index contributed by atoms with van der Waals surface area (Å²) in [7, 11) is 0. The van der Waals surface area contributed by atoms with Gasteiger partial charge in [-0.1, -0.05) is 0 Å². The number of fused-ring (bicyclic) bond motifs is 1. The van der Waals surface area contributed by atoms with E-state index < -0.39 is 0 Å². The molecule has 4 heterocycles. The first-order valence-electron chi connectivity index (χ1n) is 9.04. The molecule has 2 aliphatic heterocycles. The van der Waals surface area contributed by atoms with Crippen LogP contribution in [0.5, 0.6) is 0 Å². The van der Waals surface area contributed by atoms with Gasteiger partial charge in [-0.15, -0.1) is 0 Å². The van der Waals surface area contributed by atoms with Crippen molar-refractivity contribution in [2.24, 2.45) is 5.41 Å². The molecule has 2 aromatic rings. The molecule has 4 rings (SSSR count). The predicted octanol–water partition coefficient (Wildman–Crippen LogP) is 2.31. The van der Waals surface area contributed by atoms with Gasteiger partial charge in [-0.2, -0.15) is 0 Å². The molecule has 0 radical (unpaired) electrons. The van der Waals surface area contributed by atoms with Crippen molar-refractivity contribution in [1.82, 2.24) is 14.9 Å². The van der Waals surface area contributed by atoms with E-state index in [4.69, 9.17) is 9.47 Å². The molecule has 0 saturated carbocycles. The van der Waals surface area contributed by atoms with Gasteiger partial charge in [0.25, 0.3) is 5.91 Å². The fraction of sp³-hybridized carbons (Fsp3) is 0.450. The third kappa shape index (κ3) is 3.48. The molecule has 0 bridgehead atoms. The van der Waals surface area contributed by atoms with Gasteiger partial charge in [-0.05, 0) is 42.7 Å². The van der Waals surface area contributed by atoms with Crippen LogP contribution in [-0.2, 0) is 16.1 Å². The Morgan fingerprint density at radius 2 is 2.15 bits per heavy atom. The van der Waals surface area contributed by atoms with E-state index in [0.717, 1.165) is 25.0 Å². The second kappa shape index (κ2) is 7.51. The molecular formula is C20H23N3O3. The summed E-state index contributed by atoms with van der Waals surface area (Å²) in [6.45, 7) is 3.26. The average Bonchev–Trinajstić information content (AvgIpc) is 3.12. The van der Waals surface area contributed by atoms with E-state index in [9.17, 15) is 4.79 Å². The van der Waals surface area contributed by atoms with Crippen molar-refractivity contribution in [3.8, 4) is 0 Å². The fourth-order valence-electron chi connectivity index (χ4n) is 3.95. The zero-order valence-electron chi connectivity index (χ0n) is 14.7. The van der Waals surface area contributed by atoms with E-state index in [2.05, 4.69) is 9.97 Å². The first-order valence-corrected chi connectivity index (χ1v) is 9.04. The third-order valence-corrected chi connectivity index (χ3v) is 5.37. The largest absolute Gasteiger partial charge is 0.377 e. The van der Waals surface area contributed by atoms with E-state index in [1.165, 1.54) is 0 Å². The van der Waals surface area contributed by atoms with Crippen molar-refractivity contribution in [1.29, 1.82) is 0 Å². The average molecular weight is 353 g/mol. The Labute approximate surface area is 153 Å². The highest BCUT2D eigenvalue weighted by Gasteiger charge is 2.49. The van der Waals surface area contributed by atoms with Gasteiger partial charge < -0.3 is 14.4 Å². The summed E-state index contributed by atoms with van der Waals surface area (Å²) in [5, 5.41) is 0. The Morgan fingerprint density at radius 3 is 2.96 bits per heavy atom. The molecule has 2 aromatic heterocycles. The van der Waals surface area contributed by atoms with Gasteiger partial charge in [-0.3, -0.25) is 14.8 Å². The lowest BCUT2D eigenvalue weighted by Gasteiger charge is -2.43. The van der Waals surface area contributed by atoms with Gasteiger partial charge in [0.1, 0.15) is 0 Å². The van der Waals surface area contributed by atoms with Crippen molar-refractivity contribution in [2.45, 2.75) is 25.6 Å². The molecule has 1 amide bonds. The minimum absolute atomic E-state index is 0.0389. The van der Waals surface area contributed by atoms with Crippen LogP contribution in [0.2, 0.25) is 0 Å². The number of hydrogen-bond donors (Lipinski definition) is 0. The molecule has 0 aromatic carbocycles. The lowest BCUT2D eigenvalue weighted by Crippen LogP contribution is -2.53. The maximum atomic E-state index is 12.8. The Balaban J connectivity index is 1.43. The quantitative estimate of drug-likeness (QED) is 0.825. The van der Waals surface area contributed by atoms with Crippen LogP contribution < -0.4 is 0 Å². The monoisotopic (exact) mass is 353 g/mol. The van der Waals surface area contributed by atoms with Crippen LogP contribution in [0, 0.1) is 5.41 Å². The molecule has 0 spiro atoms. The summed E-state index contributed by atoms with van der Waals surface area (Å²) in [4.78, 5) is 22.8. The molecule has 6 heteroatoms. The molecule has 0 unspecified atom stereocenters. The highest BCUT2D eigenvalue weighted by atomic mass is 16.5. The molecule has 136 valence electrons. The zero-order valence-corrected chi connectivity index (χ0v) is 14.7. The Kier molecular flexibility index (Phi) is 4.95. The Morgan fingerprint density at radius 1 is 1.27 bits per heavy atom. The van der Waals surface area contributed by atoms with Gasteiger partial charge in [-0.25, -0.2) is 0 Å². The number of hydrogen-bond acceptors (Lipinski definition) is 5. The summed E-state index contributed by atoms with van der Waals surface area (Å²) >= 11 is 0. The van der Waals surface area contributed by atoms with Crippen molar-refractivity contribution in [3.05, 3.63) is 60.2 Å². The number of rotatable bonds is 5. The number of ether oxygens (including phenoxy) is 2. The van der Waals surface area contributed by atoms with Crippen LogP contribution >= 0.6 is 0 Å². The van der Waals surface area contributed by atoms with Gasteiger partial charge >= 0.3 is 0 Å². The van der Waals surface area contributed by atoms with E-state index in [1.807, 2.05) is 23.1 Å². The number of piperidine rings is 1. The third-order valence-electron chi connectivity index (χ3n) is 5.37. The van der Waals surface area contributed by atoms with Crippen molar-refractivity contribution >= 4 is 5.91 Å². The van der Waals surface area contributed by atoms with Crippen LogP contribution in [0.25, 0.3) is 0 Å². The van der Waals surface area contributed by atoms with Crippen molar-refractivity contribution in [2.75, 3.05) is 26.3 Å². The van der Waals surface area contributed by atoms with Crippen LogP contribution in [0.4, 0.5) is 0 Å². The fourth-order valence-corrected chi connectivity index (χ4v) is 3.95.